The Bertz CT molecular complexity index is 710. The minimum atomic E-state index is 0.529. The second-order valence-electron chi connectivity index (χ2n) is 4.18. The molecule has 0 aliphatic carbocycles. The molecule has 20 heavy (non-hydrogen) atoms. The van der Waals surface area contributed by atoms with E-state index >= 15 is 0 Å². The fraction of sp³-hybridized carbons (Fsp3) is 0.125. The van der Waals surface area contributed by atoms with E-state index in [0.717, 1.165) is 5.69 Å². The van der Waals surface area contributed by atoms with Crippen molar-refractivity contribution in [2.75, 3.05) is 19.1 Å². The van der Waals surface area contributed by atoms with Crippen LogP contribution in [0, 0.1) is 22.7 Å². The normalized spacial score (nSPS) is 9.40. The van der Waals surface area contributed by atoms with Gasteiger partial charge in [0.05, 0.1) is 29.6 Å². The molecule has 2 aromatic carbocycles. The van der Waals surface area contributed by atoms with Gasteiger partial charge in [-0.15, -0.1) is 0 Å². The van der Waals surface area contributed by atoms with Gasteiger partial charge in [-0.2, -0.15) is 10.5 Å². The van der Waals surface area contributed by atoms with Gasteiger partial charge in [-0.3, -0.25) is 0 Å². The Balaban J connectivity index is 2.56. The van der Waals surface area contributed by atoms with Gasteiger partial charge in [0.1, 0.15) is 17.9 Å². The zero-order valence-electron chi connectivity index (χ0n) is 11.3. The quantitative estimate of drug-likeness (QED) is 0.853. The van der Waals surface area contributed by atoms with Crippen LogP contribution in [0.2, 0.25) is 0 Å². The van der Waals surface area contributed by atoms with E-state index < -0.39 is 0 Å². The number of nitrogens with zero attached hydrogens (tertiary/aromatic N) is 3. The molecule has 0 heterocycles. The summed E-state index contributed by atoms with van der Waals surface area (Å²) in [4.78, 5) is 1.82. The number of anilines is 2. The fourth-order valence-corrected chi connectivity index (χ4v) is 2.00. The van der Waals surface area contributed by atoms with Crippen molar-refractivity contribution in [3.8, 4) is 17.9 Å². The Morgan fingerprint density at radius 2 is 1.60 bits per heavy atom. The zero-order chi connectivity index (χ0) is 14.5. The number of benzene rings is 2. The number of nitriles is 2. The molecule has 2 aromatic rings. The minimum absolute atomic E-state index is 0.529. The number of ether oxygens (including phenoxy) is 1. The number of rotatable bonds is 3. The fourth-order valence-electron chi connectivity index (χ4n) is 2.00. The van der Waals surface area contributed by atoms with Gasteiger partial charge in [-0.05, 0) is 24.3 Å². The van der Waals surface area contributed by atoms with Crippen LogP contribution in [-0.2, 0) is 0 Å². The molecule has 0 amide bonds. The molecular weight excluding hydrogens is 250 g/mol. The molecule has 0 spiro atoms. The molecule has 0 saturated carbocycles. The van der Waals surface area contributed by atoms with E-state index in [9.17, 15) is 10.5 Å². The van der Waals surface area contributed by atoms with Crippen LogP contribution in [0.25, 0.3) is 0 Å². The second-order valence-corrected chi connectivity index (χ2v) is 4.18. The average Bonchev–Trinajstić information content (AvgIpc) is 2.53. The SMILES string of the molecule is COc1ccc(C#N)c(N(C)c2ccccc2C#N)c1. The van der Waals surface area contributed by atoms with Crippen molar-refractivity contribution >= 4 is 11.4 Å². The lowest BCUT2D eigenvalue weighted by Crippen LogP contribution is -2.12. The molecule has 0 fully saturated rings. The topological polar surface area (TPSA) is 60.0 Å². The molecule has 0 atom stereocenters. The first-order chi connectivity index (χ1) is 9.71. The van der Waals surface area contributed by atoms with E-state index in [1.54, 1.807) is 31.4 Å². The van der Waals surface area contributed by atoms with Gasteiger partial charge in [0.25, 0.3) is 0 Å². The maximum Gasteiger partial charge on any atom is 0.121 e. The van der Waals surface area contributed by atoms with E-state index in [0.29, 0.717) is 22.6 Å². The monoisotopic (exact) mass is 263 g/mol. The van der Waals surface area contributed by atoms with Gasteiger partial charge in [-0.25, -0.2) is 0 Å². The van der Waals surface area contributed by atoms with Crippen LogP contribution < -0.4 is 9.64 Å². The van der Waals surface area contributed by atoms with Crippen molar-refractivity contribution in [1.82, 2.24) is 0 Å². The summed E-state index contributed by atoms with van der Waals surface area (Å²) in [6, 6.07) is 16.8. The maximum atomic E-state index is 9.22. The summed E-state index contributed by atoms with van der Waals surface area (Å²) in [7, 11) is 3.40. The van der Waals surface area contributed by atoms with Gasteiger partial charge in [-0.1, -0.05) is 12.1 Å². The first-order valence-corrected chi connectivity index (χ1v) is 6.02. The van der Waals surface area contributed by atoms with Crippen molar-refractivity contribution in [2.24, 2.45) is 0 Å². The van der Waals surface area contributed by atoms with Crippen LogP contribution in [0.1, 0.15) is 11.1 Å². The summed E-state index contributed by atoms with van der Waals surface area (Å²) in [6.45, 7) is 0. The maximum absolute atomic E-state index is 9.22. The van der Waals surface area contributed by atoms with Crippen LogP contribution in [0.3, 0.4) is 0 Å². The summed E-state index contributed by atoms with van der Waals surface area (Å²) < 4.78 is 5.20. The van der Waals surface area contributed by atoms with Crippen molar-refractivity contribution in [2.45, 2.75) is 0 Å². The predicted octanol–water partition coefficient (Wildman–Crippen LogP) is 3.21. The Hall–Kier alpha value is -2.98. The van der Waals surface area contributed by atoms with Gasteiger partial charge in [0.2, 0.25) is 0 Å². The predicted molar refractivity (Wildman–Crippen MR) is 76.9 cm³/mol. The standard InChI is InChI=1S/C16H13N3O/c1-19(15-6-4-3-5-12(15)10-17)16-9-14(20-2)8-7-13(16)11-18/h3-9H,1-2H3. The Kier molecular flexibility index (Phi) is 3.88. The number of para-hydroxylation sites is 1. The molecule has 0 radical (unpaired) electrons. The number of hydrogen-bond donors (Lipinski definition) is 0. The van der Waals surface area contributed by atoms with E-state index in [1.807, 2.05) is 30.1 Å². The highest BCUT2D eigenvalue weighted by molar-refractivity contribution is 5.73. The number of hydrogen-bond acceptors (Lipinski definition) is 4. The summed E-state index contributed by atoms with van der Waals surface area (Å²) in [6.07, 6.45) is 0. The van der Waals surface area contributed by atoms with Gasteiger partial charge in [0.15, 0.2) is 0 Å². The largest absolute Gasteiger partial charge is 0.497 e. The second kappa shape index (κ2) is 5.77. The van der Waals surface area contributed by atoms with Crippen LogP contribution in [0.15, 0.2) is 42.5 Å². The molecule has 0 saturated heterocycles. The number of methoxy groups -OCH3 is 1. The highest BCUT2D eigenvalue weighted by Gasteiger charge is 2.13. The Morgan fingerprint density at radius 1 is 0.950 bits per heavy atom. The molecule has 2 rings (SSSR count). The zero-order valence-corrected chi connectivity index (χ0v) is 11.3. The van der Waals surface area contributed by atoms with Crippen molar-refractivity contribution in [1.29, 1.82) is 10.5 Å². The highest BCUT2D eigenvalue weighted by atomic mass is 16.5. The summed E-state index contributed by atoms with van der Waals surface area (Å²) >= 11 is 0. The Morgan fingerprint density at radius 3 is 2.25 bits per heavy atom. The smallest absolute Gasteiger partial charge is 0.121 e. The summed E-state index contributed by atoms with van der Waals surface area (Å²) in [5.74, 6) is 0.667. The molecule has 0 unspecified atom stereocenters. The molecule has 98 valence electrons. The van der Waals surface area contributed by atoms with Crippen molar-refractivity contribution < 1.29 is 4.74 Å². The van der Waals surface area contributed by atoms with Crippen molar-refractivity contribution in [3.05, 3.63) is 53.6 Å². The highest BCUT2D eigenvalue weighted by Crippen LogP contribution is 2.31. The third-order valence-electron chi connectivity index (χ3n) is 3.07. The van der Waals surface area contributed by atoms with Crippen LogP contribution >= 0.6 is 0 Å². The van der Waals surface area contributed by atoms with Crippen LogP contribution in [-0.4, -0.2) is 14.2 Å². The van der Waals surface area contributed by atoms with Crippen LogP contribution in [0.4, 0.5) is 11.4 Å². The molecule has 0 aromatic heterocycles. The van der Waals surface area contributed by atoms with E-state index in [4.69, 9.17) is 4.74 Å². The lowest BCUT2D eigenvalue weighted by atomic mass is 10.1. The van der Waals surface area contributed by atoms with E-state index in [2.05, 4.69) is 12.1 Å². The molecule has 4 heteroatoms. The average molecular weight is 263 g/mol. The van der Waals surface area contributed by atoms with E-state index in [1.165, 1.54) is 0 Å². The van der Waals surface area contributed by atoms with Crippen LogP contribution in [0.5, 0.6) is 5.75 Å². The summed E-state index contributed by atoms with van der Waals surface area (Å²) in [5.41, 5.74) is 2.54. The molecule has 4 nitrogen and oxygen atoms in total. The summed E-state index contributed by atoms with van der Waals surface area (Å²) in [5, 5.41) is 18.4. The molecule has 0 N–H and O–H groups in total. The minimum Gasteiger partial charge on any atom is -0.497 e. The third kappa shape index (κ3) is 2.41. The van der Waals surface area contributed by atoms with Gasteiger partial charge in [0, 0.05) is 13.1 Å². The lowest BCUT2D eigenvalue weighted by Gasteiger charge is -2.22. The van der Waals surface area contributed by atoms with Crippen molar-refractivity contribution in [3.63, 3.8) is 0 Å². The molecule has 0 bridgehead atoms. The van der Waals surface area contributed by atoms with Gasteiger partial charge >= 0.3 is 0 Å². The molecular formula is C16H13N3O. The first kappa shape index (κ1) is 13.5. The lowest BCUT2D eigenvalue weighted by molar-refractivity contribution is 0.415. The molecule has 0 aliphatic heterocycles. The molecule has 0 aliphatic rings. The van der Waals surface area contributed by atoms with Gasteiger partial charge < -0.3 is 9.64 Å². The third-order valence-corrected chi connectivity index (χ3v) is 3.07. The Labute approximate surface area is 118 Å². The first-order valence-electron chi connectivity index (χ1n) is 6.02. The van der Waals surface area contributed by atoms with E-state index in [-0.39, 0.29) is 0 Å².